The number of anilines is 2. The van der Waals surface area contributed by atoms with Crippen LogP contribution in [-0.4, -0.2) is 115 Å². The van der Waals surface area contributed by atoms with E-state index in [1.165, 1.54) is 35.1 Å². The van der Waals surface area contributed by atoms with Crippen LogP contribution < -0.4 is 30.7 Å². The van der Waals surface area contributed by atoms with Crippen LogP contribution in [0.15, 0.2) is 85.2 Å². The fraction of sp³-hybridized carbons (Fsp3) is 0.227. The van der Waals surface area contributed by atoms with Crippen LogP contribution in [0.25, 0.3) is 42.9 Å². The molecule has 5 N–H and O–H groups in total. The molecular weight excluding hydrogens is 997 g/mol. The average molecular weight is 1040 g/mol. The van der Waals surface area contributed by atoms with E-state index in [9.17, 15) is 14.7 Å². The van der Waals surface area contributed by atoms with Crippen LogP contribution >= 0.6 is 69.1 Å². The van der Waals surface area contributed by atoms with Crippen molar-refractivity contribution in [3.63, 3.8) is 0 Å². The van der Waals surface area contributed by atoms with Crippen LogP contribution in [0.3, 0.4) is 0 Å². The number of thiazole rings is 2. The summed E-state index contributed by atoms with van der Waals surface area (Å²) in [7, 11) is 3.74. The van der Waals surface area contributed by atoms with Crippen LogP contribution in [0.1, 0.15) is 10.0 Å². The number of benzene rings is 4. The van der Waals surface area contributed by atoms with Crippen molar-refractivity contribution in [1.82, 2.24) is 55.9 Å². The van der Waals surface area contributed by atoms with Gasteiger partial charge in [-0.3, -0.25) is 9.59 Å². The van der Waals surface area contributed by atoms with Gasteiger partial charge in [-0.2, -0.15) is 10.2 Å². The molecule has 4 heterocycles. The molecule has 2 atom stereocenters. The molecule has 0 saturated heterocycles. The second kappa shape index (κ2) is 22.3. The molecule has 2 unspecified atom stereocenters. The molecule has 18 nitrogen and oxygen atoms in total. The molecule has 24 heteroatoms. The highest BCUT2D eigenvalue weighted by molar-refractivity contribution is 7.18. The maximum Gasteiger partial charge on any atom is 0.265 e. The number of fused-ring (bicyclic) bond motifs is 2. The van der Waals surface area contributed by atoms with E-state index in [-0.39, 0.29) is 56.2 Å². The van der Waals surface area contributed by atoms with Crippen LogP contribution in [0.2, 0.25) is 20.1 Å². The zero-order valence-corrected chi connectivity index (χ0v) is 40.6. The monoisotopic (exact) mass is 1030 g/mol. The molecule has 4 aromatic heterocycles. The smallest absolute Gasteiger partial charge is 0.265 e. The van der Waals surface area contributed by atoms with Gasteiger partial charge in [-0.1, -0.05) is 58.5 Å². The lowest BCUT2D eigenvalue weighted by Gasteiger charge is -2.27. The first kappa shape index (κ1) is 48.4. The van der Waals surface area contributed by atoms with Crippen LogP contribution in [0.5, 0.6) is 11.5 Å². The molecule has 4 aromatic carbocycles. The van der Waals surface area contributed by atoms with Crippen molar-refractivity contribution in [2.45, 2.75) is 25.3 Å². The molecule has 8 aromatic rings. The Hall–Kier alpha value is -6.10. The van der Waals surface area contributed by atoms with Gasteiger partial charge in [-0.25, -0.2) is 19.9 Å². The van der Waals surface area contributed by atoms with E-state index in [1.807, 2.05) is 25.1 Å². The van der Waals surface area contributed by atoms with Crippen molar-refractivity contribution in [1.29, 1.82) is 0 Å². The van der Waals surface area contributed by atoms with Crippen LogP contribution in [0, 0.1) is 0 Å². The second-order valence-electron chi connectivity index (χ2n) is 14.9. The zero-order valence-electron chi connectivity index (χ0n) is 35.9. The van der Waals surface area contributed by atoms with Gasteiger partial charge in [0.15, 0.2) is 0 Å². The quantitative estimate of drug-likeness (QED) is 0.0500. The summed E-state index contributed by atoms with van der Waals surface area (Å²) >= 11 is 28.4. The summed E-state index contributed by atoms with van der Waals surface area (Å²) in [6.45, 7) is 0.851. The third-order valence-electron chi connectivity index (χ3n) is 9.74. The summed E-state index contributed by atoms with van der Waals surface area (Å²) < 4.78 is 14.4. The lowest BCUT2D eigenvalue weighted by Crippen LogP contribution is -2.55. The molecule has 0 spiro atoms. The minimum absolute atomic E-state index is 0.0938. The molecule has 0 saturated carbocycles. The van der Waals surface area contributed by atoms with Gasteiger partial charge in [0.25, 0.3) is 11.8 Å². The zero-order chi connectivity index (χ0) is 47.7. The summed E-state index contributed by atoms with van der Waals surface area (Å²) in [5.74, 6) is -0.315. The van der Waals surface area contributed by atoms with Crippen molar-refractivity contribution in [2.75, 3.05) is 51.0 Å². The van der Waals surface area contributed by atoms with Crippen molar-refractivity contribution < 1.29 is 24.2 Å². The van der Waals surface area contributed by atoms with E-state index in [0.717, 1.165) is 9.40 Å². The normalized spacial score (nSPS) is 12.2. The average Bonchev–Trinajstić information content (AvgIpc) is 3.93. The largest absolute Gasteiger partial charge is 0.476 e. The fourth-order valence-electron chi connectivity index (χ4n) is 6.58. The number of hydrogen-bond acceptors (Lipinski definition) is 18. The fourth-order valence-corrected chi connectivity index (χ4v) is 9.54. The SMILES string of the molecule is CN(C)CCNC(=O)C(Oc1ccc2sc(CNc3nncc(-c4c(Cl)cccc4Cl)n3)nc2c1)C(Oc1ccc2sc(CNc3nncc(-c4c(Cl)cccc4Cl)n3)nc2c1)C(=O)NCCO. The number of aliphatic hydroxyl groups is 1. The summed E-state index contributed by atoms with van der Waals surface area (Å²) in [5, 5.41) is 40.8. The van der Waals surface area contributed by atoms with Gasteiger partial charge in [0, 0.05) is 42.9 Å². The number of nitrogens with zero attached hydrogens (tertiary/aromatic N) is 9. The first-order valence-corrected chi connectivity index (χ1v) is 23.8. The second-order valence-corrected chi connectivity index (χ2v) is 18.8. The first-order chi connectivity index (χ1) is 32.9. The predicted molar refractivity (Wildman–Crippen MR) is 265 cm³/mol. The summed E-state index contributed by atoms with van der Waals surface area (Å²) in [4.78, 5) is 48.5. The van der Waals surface area contributed by atoms with Gasteiger partial charge in [0.1, 0.15) is 21.5 Å². The molecule has 0 aliphatic heterocycles. The lowest BCUT2D eigenvalue weighted by molar-refractivity contribution is -0.142. The van der Waals surface area contributed by atoms with Gasteiger partial charge in [0.05, 0.1) is 84.0 Å². The number of carbonyl (C=O) groups is 2. The number of nitrogens with one attached hydrogen (secondary N) is 4. The molecule has 0 bridgehead atoms. The Morgan fingerprint density at radius 2 is 1.09 bits per heavy atom. The number of halogens is 4. The number of carbonyl (C=O) groups excluding carboxylic acids is 2. The number of amides is 2. The number of aromatic nitrogens is 8. The third-order valence-corrected chi connectivity index (χ3v) is 13.1. The maximum absolute atomic E-state index is 14.1. The molecule has 0 radical (unpaired) electrons. The minimum atomic E-state index is -1.53. The standard InChI is InChI=1S/C44H39Cl4N13O5S2/c1-61(2)15-13-49-41(63)39(65-23-9-11-33-29(17-23)55-35(67-33)21-51-43-57-31(19-53-59-43)37-25(45)5-3-6-26(37)46)40(42(64)50-14-16-62)66-24-10-12-34-30(18-24)56-36(68-34)22-52-44-58-32(20-54-60-44)38-27(47)7-4-8-28(38)48/h3-12,17-20,39-40,62H,13-16,21-22H2,1-2H3,(H,49,63)(H,50,64)(H,51,57,59)(H,52,58,60). The van der Waals surface area contributed by atoms with E-state index in [2.05, 4.69) is 51.6 Å². The topological polar surface area (TPSA) is 227 Å². The van der Waals surface area contributed by atoms with Gasteiger partial charge in [-0.15, -0.1) is 32.9 Å². The first-order valence-electron chi connectivity index (χ1n) is 20.6. The molecule has 8 rings (SSSR count). The molecule has 350 valence electrons. The molecular formula is C44H39Cl4N13O5S2. The molecule has 2 amide bonds. The molecule has 68 heavy (non-hydrogen) atoms. The highest BCUT2D eigenvalue weighted by Crippen LogP contribution is 2.35. The van der Waals surface area contributed by atoms with Gasteiger partial charge in [0.2, 0.25) is 24.1 Å². The molecule has 0 fully saturated rings. The number of rotatable bonds is 20. The number of ether oxygens (including phenoxy) is 2. The van der Waals surface area contributed by atoms with Crippen molar-refractivity contribution in [2.24, 2.45) is 0 Å². The Kier molecular flexibility index (Phi) is 15.9. The van der Waals surface area contributed by atoms with E-state index >= 15 is 0 Å². The lowest BCUT2D eigenvalue weighted by atomic mass is 10.1. The van der Waals surface area contributed by atoms with Gasteiger partial charge < -0.3 is 40.7 Å². The summed E-state index contributed by atoms with van der Waals surface area (Å²) in [6, 6.07) is 20.7. The minimum Gasteiger partial charge on any atom is -0.476 e. The molecule has 0 aliphatic rings. The van der Waals surface area contributed by atoms with Crippen LogP contribution in [0.4, 0.5) is 11.9 Å². The number of likely N-dealkylation sites (N-methyl/N-ethyl adjacent to an activating group) is 1. The van der Waals surface area contributed by atoms with Crippen LogP contribution in [-0.2, 0) is 22.7 Å². The summed E-state index contributed by atoms with van der Waals surface area (Å²) in [6.07, 6.45) is -0.0827. The Labute approximate surface area is 416 Å². The summed E-state index contributed by atoms with van der Waals surface area (Å²) in [5.41, 5.74) is 3.13. The van der Waals surface area contributed by atoms with Crippen molar-refractivity contribution >= 4 is 113 Å². The maximum atomic E-state index is 14.1. The highest BCUT2D eigenvalue weighted by Gasteiger charge is 2.38. The highest BCUT2D eigenvalue weighted by atomic mass is 35.5. The van der Waals surface area contributed by atoms with Crippen molar-refractivity contribution in [3.8, 4) is 34.0 Å². The Balaban J connectivity index is 1.00. The Morgan fingerprint density at radius 1 is 0.647 bits per heavy atom. The van der Waals surface area contributed by atoms with E-state index in [0.29, 0.717) is 70.2 Å². The van der Waals surface area contributed by atoms with Gasteiger partial charge in [-0.05, 0) is 62.6 Å². The van der Waals surface area contributed by atoms with E-state index in [4.69, 9.17) is 65.8 Å². The molecule has 0 aliphatic carbocycles. The number of aliphatic hydroxyl groups excluding tert-OH is 1. The third kappa shape index (κ3) is 11.9. The number of hydrogen-bond donors (Lipinski definition) is 5. The predicted octanol–water partition coefficient (Wildman–Crippen LogP) is 7.43. The Bertz CT molecular complexity index is 3050. The van der Waals surface area contributed by atoms with E-state index < -0.39 is 24.0 Å². The Morgan fingerprint density at radius 3 is 1.51 bits per heavy atom. The van der Waals surface area contributed by atoms with E-state index in [1.54, 1.807) is 66.7 Å². The van der Waals surface area contributed by atoms with Crippen molar-refractivity contribution in [3.05, 3.63) is 115 Å². The van der Waals surface area contributed by atoms with Gasteiger partial charge >= 0.3 is 0 Å².